The number of nitrogens with one attached hydrogen (secondary N) is 2. The topological polar surface area (TPSA) is 146 Å². The monoisotopic (exact) mass is 668 g/mol. The van der Waals surface area contributed by atoms with Crippen molar-refractivity contribution in [1.82, 2.24) is 24.7 Å². The van der Waals surface area contributed by atoms with E-state index in [2.05, 4.69) is 20.4 Å². The lowest BCUT2D eigenvalue weighted by molar-refractivity contribution is -0.134. The maximum absolute atomic E-state index is 14.6. The van der Waals surface area contributed by atoms with E-state index >= 15 is 0 Å². The third-order valence-electron chi connectivity index (χ3n) is 7.44. The second-order valence-electron chi connectivity index (χ2n) is 10.3. The van der Waals surface area contributed by atoms with Crippen LogP contribution in [0.3, 0.4) is 0 Å². The number of anilines is 1. The number of rotatable bonds is 8. The number of amides is 3. The van der Waals surface area contributed by atoms with E-state index in [0.29, 0.717) is 38.5 Å². The van der Waals surface area contributed by atoms with Gasteiger partial charge in [0.25, 0.3) is 18.3 Å². The first kappa shape index (κ1) is 34.2. The number of alkyl halides is 2. The molecule has 0 atom stereocenters. The number of halogens is 5. The van der Waals surface area contributed by atoms with Crippen LogP contribution in [0.1, 0.15) is 27.4 Å². The minimum atomic E-state index is -3.33. The second kappa shape index (κ2) is 15.1. The molecule has 2 saturated heterocycles. The van der Waals surface area contributed by atoms with E-state index in [0.717, 1.165) is 31.4 Å². The fourth-order valence-electron chi connectivity index (χ4n) is 4.94. The van der Waals surface area contributed by atoms with Crippen LogP contribution in [-0.2, 0) is 16.6 Å². The quantitative estimate of drug-likeness (QED) is 0.244. The summed E-state index contributed by atoms with van der Waals surface area (Å²) in [7, 11) is 1.39. The molecule has 3 aromatic rings. The highest BCUT2D eigenvalue weighted by atomic mass is 35.5. The molecule has 246 valence electrons. The number of nitrogens with zero attached hydrogens (tertiary/aromatic N) is 4. The van der Waals surface area contributed by atoms with Crippen molar-refractivity contribution in [3.05, 3.63) is 64.6 Å². The summed E-state index contributed by atoms with van der Waals surface area (Å²) in [6, 6.07) is 6.26. The van der Waals surface area contributed by atoms with Gasteiger partial charge in [0.1, 0.15) is 0 Å². The lowest BCUT2D eigenvalue weighted by Gasteiger charge is -2.36. The number of hydrogen-bond acceptors (Lipinski definition) is 7. The van der Waals surface area contributed by atoms with Gasteiger partial charge in [-0.25, -0.2) is 9.37 Å². The molecule has 0 saturated carbocycles. The van der Waals surface area contributed by atoms with Gasteiger partial charge in [0.2, 0.25) is 11.7 Å². The largest absolute Gasteiger partial charge is 0.483 e. The summed E-state index contributed by atoms with van der Waals surface area (Å²) in [5.41, 5.74) is 0.171. The molecular formula is C29H29ClF4N6O6. The fraction of sp³-hybridized carbons (Fsp3) is 0.345. The van der Waals surface area contributed by atoms with E-state index in [1.54, 1.807) is 9.80 Å². The SMILES string of the molecule is Cn1c(-c2ccc(OC(F)F)c(F)c2F)cnc1C(=O)Nc1ccc(C(=O)N2CCN(C(=O)CC3CNC3)CC2)c(Cl)c1.O=CO. The van der Waals surface area contributed by atoms with Gasteiger partial charge >= 0.3 is 6.61 Å². The molecule has 2 aliphatic rings. The first-order valence-electron chi connectivity index (χ1n) is 13.9. The molecule has 0 aliphatic carbocycles. The molecule has 0 unspecified atom stereocenters. The predicted molar refractivity (Wildman–Crippen MR) is 157 cm³/mol. The predicted octanol–water partition coefficient (Wildman–Crippen LogP) is 3.47. The molecule has 12 nitrogen and oxygen atoms in total. The van der Waals surface area contributed by atoms with Gasteiger partial charge < -0.3 is 34.8 Å². The summed E-state index contributed by atoms with van der Waals surface area (Å²) in [5.74, 6) is -4.72. The zero-order valence-electron chi connectivity index (χ0n) is 24.3. The Hall–Kier alpha value is -4.70. The van der Waals surface area contributed by atoms with Gasteiger partial charge in [0, 0.05) is 50.9 Å². The molecule has 2 aromatic carbocycles. The molecule has 1 aromatic heterocycles. The molecule has 0 radical (unpaired) electrons. The zero-order chi connectivity index (χ0) is 33.5. The Morgan fingerprint density at radius 2 is 1.76 bits per heavy atom. The van der Waals surface area contributed by atoms with Crippen LogP contribution in [0.2, 0.25) is 5.02 Å². The van der Waals surface area contributed by atoms with Crippen molar-refractivity contribution in [3.8, 4) is 17.0 Å². The molecule has 46 heavy (non-hydrogen) atoms. The molecule has 17 heteroatoms. The highest BCUT2D eigenvalue weighted by molar-refractivity contribution is 6.34. The summed E-state index contributed by atoms with van der Waals surface area (Å²) in [4.78, 5) is 54.3. The molecule has 0 spiro atoms. The van der Waals surface area contributed by atoms with Crippen molar-refractivity contribution in [3.63, 3.8) is 0 Å². The van der Waals surface area contributed by atoms with Gasteiger partial charge in [0.05, 0.1) is 22.5 Å². The van der Waals surface area contributed by atoms with E-state index in [4.69, 9.17) is 21.5 Å². The van der Waals surface area contributed by atoms with Crippen LogP contribution in [0.5, 0.6) is 5.75 Å². The summed E-state index contributed by atoms with van der Waals surface area (Å²) in [6.07, 6.45) is 1.63. The minimum absolute atomic E-state index is 0.00553. The maximum atomic E-state index is 14.6. The van der Waals surface area contributed by atoms with Crippen molar-refractivity contribution in [2.45, 2.75) is 13.0 Å². The summed E-state index contributed by atoms with van der Waals surface area (Å²) in [5, 5.41) is 12.7. The molecule has 3 N–H and O–H groups in total. The van der Waals surface area contributed by atoms with Crippen molar-refractivity contribution < 1.29 is 46.6 Å². The summed E-state index contributed by atoms with van der Waals surface area (Å²) < 4.78 is 58.9. The Morgan fingerprint density at radius 3 is 2.35 bits per heavy atom. The number of carboxylic acid groups (broad SMARTS) is 1. The smallest absolute Gasteiger partial charge is 0.387 e. The minimum Gasteiger partial charge on any atom is -0.483 e. The molecule has 3 heterocycles. The highest BCUT2D eigenvalue weighted by Gasteiger charge is 2.29. The van der Waals surface area contributed by atoms with E-state index < -0.39 is 29.9 Å². The van der Waals surface area contributed by atoms with Crippen molar-refractivity contribution in [1.29, 1.82) is 0 Å². The van der Waals surface area contributed by atoms with E-state index in [1.807, 2.05) is 0 Å². The van der Waals surface area contributed by atoms with Crippen molar-refractivity contribution >= 4 is 41.5 Å². The molecule has 5 rings (SSSR count). The average molecular weight is 669 g/mol. The maximum Gasteiger partial charge on any atom is 0.387 e. The molecular weight excluding hydrogens is 640 g/mol. The van der Waals surface area contributed by atoms with Gasteiger partial charge in [0.15, 0.2) is 17.4 Å². The Labute approximate surface area is 264 Å². The molecule has 3 amide bonds. The number of imidazole rings is 1. The molecule has 0 bridgehead atoms. The summed E-state index contributed by atoms with van der Waals surface area (Å²) in [6.45, 7) is -0.271. The number of ether oxygens (including phenoxy) is 1. The van der Waals surface area contributed by atoms with E-state index in [9.17, 15) is 31.9 Å². The normalized spacial score (nSPS) is 14.7. The van der Waals surface area contributed by atoms with Crippen molar-refractivity contribution in [2.24, 2.45) is 13.0 Å². The number of benzene rings is 2. The van der Waals surface area contributed by atoms with E-state index in [1.165, 1.54) is 29.8 Å². The van der Waals surface area contributed by atoms with Crippen LogP contribution in [0.25, 0.3) is 11.3 Å². The first-order valence-corrected chi connectivity index (χ1v) is 14.2. The number of carbonyl (C=O) groups excluding carboxylic acids is 3. The van der Waals surface area contributed by atoms with Gasteiger partial charge in [-0.3, -0.25) is 19.2 Å². The van der Waals surface area contributed by atoms with Gasteiger partial charge in [-0.15, -0.1) is 0 Å². The Balaban J connectivity index is 0.00000154. The third-order valence-corrected chi connectivity index (χ3v) is 7.75. The Morgan fingerprint density at radius 1 is 1.11 bits per heavy atom. The molecule has 2 aliphatic heterocycles. The summed E-state index contributed by atoms with van der Waals surface area (Å²) >= 11 is 6.40. The number of piperazine rings is 1. The lowest BCUT2D eigenvalue weighted by Crippen LogP contribution is -2.52. The number of aromatic nitrogens is 2. The van der Waals surface area contributed by atoms with Crippen LogP contribution in [-0.4, -0.2) is 94.5 Å². The fourth-order valence-corrected chi connectivity index (χ4v) is 5.20. The number of hydrogen-bond donors (Lipinski definition) is 3. The first-order chi connectivity index (χ1) is 21.9. The van der Waals surface area contributed by atoms with Crippen LogP contribution in [0, 0.1) is 17.6 Å². The van der Waals surface area contributed by atoms with Crippen LogP contribution in [0.4, 0.5) is 23.2 Å². The van der Waals surface area contributed by atoms with E-state index in [-0.39, 0.29) is 51.6 Å². The van der Waals surface area contributed by atoms with Crippen LogP contribution >= 0.6 is 11.6 Å². The van der Waals surface area contributed by atoms with Gasteiger partial charge in [-0.2, -0.15) is 13.2 Å². The van der Waals surface area contributed by atoms with Crippen LogP contribution < -0.4 is 15.4 Å². The standard InChI is InChI=1S/C28H27ClF4N6O4.CH2O2/c1-37-20(18-4-5-21(43-28(32)33)24(31)23(18)30)14-35-25(37)26(41)36-16-2-3-17(19(29)11-16)27(42)39-8-6-38(7-9-39)22(40)10-15-12-34-13-15;2-1-3/h2-5,11,14-15,28,34H,6-10,12-13H2,1H3,(H,36,41);1H,(H,2,3). The Bertz CT molecular complexity index is 1610. The zero-order valence-corrected chi connectivity index (χ0v) is 25.1. The van der Waals surface area contributed by atoms with Gasteiger partial charge in [-0.1, -0.05) is 11.6 Å². The lowest BCUT2D eigenvalue weighted by atomic mass is 9.98. The highest BCUT2D eigenvalue weighted by Crippen LogP contribution is 2.31. The third kappa shape index (κ3) is 7.74. The van der Waals surface area contributed by atoms with Gasteiger partial charge in [-0.05, 0) is 49.3 Å². The number of carbonyl (C=O) groups is 4. The van der Waals surface area contributed by atoms with Crippen LogP contribution in [0.15, 0.2) is 36.5 Å². The molecule has 2 fully saturated rings. The van der Waals surface area contributed by atoms with Crippen molar-refractivity contribution in [2.75, 3.05) is 44.6 Å². The Kier molecular flexibility index (Phi) is 11.2. The second-order valence-corrected chi connectivity index (χ2v) is 10.7. The average Bonchev–Trinajstić information content (AvgIpc) is 3.38.